The molecule has 1 atom stereocenters. The predicted molar refractivity (Wildman–Crippen MR) is 89.6 cm³/mol. The van der Waals surface area contributed by atoms with E-state index in [9.17, 15) is 5.11 Å². The van der Waals surface area contributed by atoms with Crippen molar-refractivity contribution in [1.82, 2.24) is 4.90 Å². The van der Waals surface area contributed by atoms with Gasteiger partial charge in [0.25, 0.3) is 0 Å². The molecule has 24 heavy (non-hydrogen) atoms. The number of aliphatic hydroxyl groups excluding tert-OH is 1. The van der Waals surface area contributed by atoms with Crippen LogP contribution in [-0.2, 0) is 13.1 Å². The Morgan fingerprint density at radius 3 is 2.29 bits per heavy atom. The van der Waals surface area contributed by atoms with Gasteiger partial charge in [0.05, 0.1) is 31.4 Å². The zero-order chi connectivity index (χ0) is 17.3. The minimum atomic E-state index is -0.853. The van der Waals surface area contributed by atoms with Gasteiger partial charge >= 0.3 is 0 Å². The first-order valence-corrected chi connectivity index (χ1v) is 7.74. The highest BCUT2D eigenvalue weighted by molar-refractivity contribution is 5.49. The zero-order valence-corrected chi connectivity index (χ0v) is 14.0. The number of benzene rings is 2. The fourth-order valence-corrected chi connectivity index (χ4v) is 3.17. The molecule has 3 rings (SSSR count). The largest absolute Gasteiger partial charge is 0.496 e. The third-order valence-electron chi connectivity index (χ3n) is 4.37. The Morgan fingerprint density at radius 1 is 1.08 bits per heavy atom. The van der Waals surface area contributed by atoms with E-state index in [2.05, 4.69) is 6.07 Å². The van der Waals surface area contributed by atoms with Gasteiger partial charge in [0.15, 0.2) is 0 Å². The number of hydrogen-bond donors (Lipinski definition) is 1. The van der Waals surface area contributed by atoms with Crippen LogP contribution in [0.25, 0.3) is 0 Å². The molecule has 1 heterocycles. The number of aliphatic hydroxyl groups is 1. The first-order chi connectivity index (χ1) is 11.6. The summed E-state index contributed by atoms with van der Waals surface area (Å²) in [6, 6.07) is 11.6. The Labute approximate surface area is 141 Å². The fraction of sp³-hybridized carbons (Fsp3) is 0.316. The van der Waals surface area contributed by atoms with Gasteiger partial charge in [-0.05, 0) is 47.9 Å². The lowest BCUT2D eigenvalue weighted by molar-refractivity contribution is -0.00497. The monoisotopic (exact) mass is 324 g/mol. The molecule has 0 saturated heterocycles. The number of ether oxygens (including phenoxy) is 2. The number of methoxy groups -OCH3 is 2. The Balaban J connectivity index is 1.94. The quantitative estimate of drug-likeness (QED) is 0.937. The number of nitrogens with zero attached hydrogens (tertiary/aromatic N) is 2. The fourth-order valence-electron chi connectivity index (χ4n) is 3.17. The van der Waals surface area contributed by atoms with Gasteiger partial charge in [-0.1, -0.05) is 6.07 Å². The Hall–Kier alpha value is -2.55. The normalized spacial score (nSPS) is 14.8. The lowest BCUT2D eigenvalue weighted by Gasteiger charge is -2.26. The minimum absolute atomic E-state index is 0.576. The molecule has 1 aliphatic rings. The summed E-state index contributed by atoms with van der Waals surface area (Å²) in [5, 5.41) is 20.0. The summed E-state index contributed by atoms with van der Waals surface area (Å²) in [7, 11) is 3.17. The smallest absolute Gasteiger partial charge is 0.141 e. The number of nitriles is 1. The molecule has 124 valence electrons. The molecule has 0 bridgehead atoms. The molecular weight excluding hydrogens is 304 g/mol. The summed E-state index contributed by atoms with van der Waals surface area (Å²) in [4.78, 5) is 1.93. The minimum Gasteiger partial charge on any atom is -0.496 e. The van der Waals surface area contributed by atoms with E-state index in [4.69, 9.17) is 14.7 Å². The van der Waals surface area contributed by atoms with Crippen LogP contribution in [-0.4, -0.2) is 24.2 Å². The standard InChI is InChI=1S/C19H20N2O3/c1-12-6-16(23-2)18(17(7-12)24-3)19(22)21-10-14-5-4-13(9-20)8-15(14)11-21/h4-8,19,22H,10-11H2,1-3H3. The third-order valence-corrected chi connectivity index (χ3v) is 4.37. The van der Waals surface area contributed by atoms with Gasteiger partial charge in [0, 0.05) is 13.1 Å². The summed E-state index contributed by atoms with van der Waals surface area (Å²) in [6.07, 6.45) is -0.853. The highest BCUT2D eigenvalue weighted by atomic mass is 16.5. The summed E-state index contributed by atoms with van der Waals surface area (Å²) in [6.45, 7) is 3.14. The van der Waals surface area contributed by atoms with E-state index >= 15 is 0 Å². The van der Waals surface area contributed by atoms with Crippen molar-refractivity contribution in [3.8, 4) is 17.6 Å². The number of aryl methyl sites for hydroxylation is 1. The van der Waals surface area contributed by atoms with Crippen LogP contribution >= 0.6 is 0 Å². The second kappa shape index (κ2) is 6.52. The van der Waals surface area contributed by atoms with Crippen LogP contribution in [0.4, 0.5) is 0 Å². The van der Waals surface area contributed by atoms with E-state index in [0.29, 0.717) is 35.7 Å². The second-order valence-corrected chi connectivity index (χ2v) is 5.96. The topological polar surface area (TPSA) is 65.7 Å². The number of fused-ring (bicyclic) bond motifs is 1. The van der Waals surface area contributed by atoms with E-state index < -0.39 is 6.23 Å². The molecule has 0 aliphatic carbocycles. The first kappa shape index (κ1) is 16.3. The highest BCUT2D eigenvalue weighted by Gasteiger charge is 2.30. The van der Waals surface area contributed by atoms with E-state index in [-0.39, 0.29) is 0 Å². The maximum absolute atomic E-state index is 10.9. The number of rotatable bonds is 4. The lowest BCUT2D eigenvalue weighted by Crippen LogP contribution is -2.24. The van der Waals surface area contributed by atoms with Crippen molar-refractivity contribution in [2.45, 2.75) is 26.2 Å². The van der Waals surface area contributed by atoms with E-state index in [1.807, 2.05) is 42.2 Å². The molecule has 1 aliphatic heterocycles. The van der Waals surface area contributed by atoms with Crippen LogP contribution in [0.1, 0.15) is 34.0 Å². The maximum atomic E-state index is 10.9. The average Bonchev–Trinajstić information content (AvgIpc) is 3.03. The molecule has 0 amide bonds. The van der Waals surface area contributed by atoms with Crippen LogP contribution in [0, 0.1) is 18.3 Å². The summed E-state index contributed by atoms with van der Waals surface area (Å²) in [5.74, 6) is 1.21. The van der Waals surface area contributed by atoms with Gasteiger partial charge < -0.3 is 14.6 Å². The molecule has 5 heteroatoms. The molecule has 0 radical (unpaired) electrons. The van der Waals surface area contributed by atoms with Crippen LogP contribution in [0.15, 0.2) is 30.3 Å². The Bertz CT molecular complexity index is 786. The molecule has 2 aromatic rings. The molecule has 1 unspecified atom stereocenters. The summed E-state index contributed by atoms with van der Waals surface area (Å²) < 4.78 is 10.9. The Kier molecular flexibility index (Phi) is 4.43. The van der Waals surface area contributed by atoms with Gasteiger partial charge in [-0.15, -0.1) is 0 Å². The molecule has 0 spiro atoms. The average molecular weight is 324 g/mol. The van der Waals surface area contributed by atoms with E-state index in [0.717, 1.165) is 16.7 Å². The maximum Gasteiger partial charge on any atom is 0.141 e. The van der Waals surface area contributed by atoms with E-state index in [1.54, 1.807) is 14.2 Å². The summed E-state index contributed by atoms with van der Waals surface area (Å²) in [5.41, 5.74) is 4.45. The first-order valence-electron chi connectivity index (χ1n) is 7.74. The van der Waals surface area contributed by atoms with E-state index in [1.165, 1.54) is 0 Å². The highest BCUT2D eigenvalue weighted by Crippen LogP contribution is 2.40. The van der Waals surface area contributed by atoms with Crippen molar-refractivity contribution in [1.29, 1.82) is 5.26 Å². The van der Waals surface area contributed by atoms with Crippen molar-refractivity contribution in [2.75, 3.05) is 14.2 Å². The van der Waals surface area contributed by atoms with Crippen LogP contribution in [0.3, 0.4) is 0 Å². The summed E-state index contributed by atoms with van der Waals surface area (Å²) >= 11 is 0. The van der Waals surface area contributed by atoms with Crippen LogP contribution in [0.2, 0.25) is 0 Å². The number of hydrogen-bond acceptors (Lipinski definition) is 5. The van der Waals surface area contributed by atoms with Crippen molar-refractivity contribution in [3.63, 3.8) is 0 Å². The van der Waals surface area contributed by atoms with Gasteiger partial charge in [0.2, 0.25) is 0 Å². The van der Waals surface area contributed by atoms with Gasteiger partial charge in [-0.3, -0.25) is 4.90 Å². The molecule has 0 saturated carbocycles. The van der Waals surface area contributed by atoms with Crippen molar-refractivity contribution >= 4 is 0 Å². The molecule has 0 fully saturated rings. The van der Waals surface area contributed by atoms with Gasteiger partial charge in [0.1, 0.15) is 17.7 Å². The zero-order valence-electron chi connectivity index (χ0n) is 14.0. The van der Waals surface area contributed by atoms with Crippen molar-refractivity contribution in [2.24, 2.45) is 0 Å². The second-order valence-electron chi connectivity index (χ2n) is 5.96. The predicted octanol–water partition coefficient (Wildman–Crippen LogP) is 2.89. The van der Waals surface area contributed by atoms with Crippen LogP contribution in [0.5, 0.6) is 11.5 Å². The van der Waals surface area contributed by atoms with Crippen LogP contribution < -0.4 is 9.47 Å². The molecule has 5 nitrogen and oxygen atoms in total. The molecule has 0 aromatic heterocycles. The molecule has 2 aromatic carbocycles. The SMILES string of the molecule is COc1cc(C)cc(OC)c1C(O)N1Cc2ccc(C#N)cc2C1. The third kappa shape index (κ3) is 2.82. The lowest BCUT2D eigenvalue weighted by atomic mass is 10.1. The van der Waals surface area contributed by atoms with Crippen molar-refractivity contribution in [3.05, 3.63) is 58.1 Å². The van der Waals surface area contributed by atoms with Gasteiger partial charge in [-0.2, -0.15) is 5.26 Å². The molecular formula is C19H20N2O3. The molecule has 1 N–H and O–H groups in total. The van der Waals surface area contributed by atoms with Crippen molar-refractivity contribution < 1.29 is 14.6 Å². The Morgan fingerprint density at radius 2 is 1.71 bits per heavy atom. The van der Waals surface area contributed by atoms with Gasteiger partial charge in [-0.25, -0.2) is 0 Å².